The molecule has 0 fully saturated rings. The third-order valence-electron chi connectivity index (χ3n) is 1.77. The lowest BCUT2D eigenvalue weighted by molar-refractivity contribution is -0.0911. The van der Waals surface area contributed by atoms with Crippen molar-refractivity contribution < 1.29 is 26.3 Å². The molecule has 7 heteroatoms. The number of rotatable bonds is 1. The van der Waals surface area contributed by atoms with Crippen LogP contribution in [0.15, 0.2) is 34.8 Å². The van der Waals surface area contributed by atoms with Crippen molar-refractivity contribution in [2.75, 3.05) is 0 Å². The number of allylic oxidation sites excluding steroid dienone is 2. The number of halogens is 7. The molecule has 0 aliphatic carbocycles. The molecule has 1 aromatic carbocycles. The fourth-order valence-corrected chi connectivity index (χ4v) is 1.39. The molecular formula is C10H5BrF6. The van der Waals surface area contributed by atoms with E-state index < -0.39 is 29.6 Å². The van der Waals surface area contributed by atoms with Crippen molar-refractivity contribution in [3.05, 3.63) is 40.4 Å². The van der Waals surface area contributed by atoms with Gasteiger partial charge in [-0.3, -0.25) is 0 Å². The molecule has 0 bridgehead atoms. The van der Waals surface area contributed by atoms with Crippen LogP contribution in [0.25, 0.3) is 5.57 Å². The standard InChI is InChI=1S/C10H5BrF6/c11-7-3-1-6(2-4-7)8(10(15,16)17)5-9(12,13)14/h1-5H/b8-5+. The smallest absolute Gasteiger partial charge is 0.167 e. The minimum absolute atomic E-state index is 0.481. The minimum atomic E-state index is -5.05. The molecule has 0 heterocycles. The maximum Gasteiger partial charge on any atom is 0.417 e. The van der Waals surface area contributed by atoms with E-state index in [-0.39, 0.29) is 0 Å². The Kier molecular flexibility index (Phi) is 3.91. The molecular weight excluding hydrogens is 314 g/mol. The van der Waals surface area contributed by atoms with Gasteiger partial charge in [0.1, 0.15) is 0 Å². The van der Waals surface area contributed by atoms with E-state index in [1.807, 2.05) is 0 Å². The van der Waals surface area contributed by atoms with E-state index in [4.69, 9.17) is 0 Å². The second-order valence-electron chi connectivity index (χ2n) is 3.10. The molecule has 0 amide bonds. The summed E-state index contributed by atoms with van der Waals surface area (Å²) in [4.78, 5) is 0. The topological polar surface area (TPSA) is 0 Å². The zero-order valence-corrected chi connectivity index (χ0v) is 9.62. The fraction of sp³-hybridized carbons (Fsp3) is 0.200. The van der Waals surface area contributed by atoms with Crippen LogP contribution in [0.5, 0.6) is 0 Å². The van der Waals surface area contributed by atoms with Gasteiger partial charge in [0, 0.05) is 10.5 Å². The third-order valence-corrected chi connectivity index (χ3v) is 2.30. The lowest BCUT2D eigenvalue weighted by Gasteiger charge is -2.13. The second kappa shape index (κ2) is 4.72. The first-order valence-corrected chi connectivity index (χ1v) is 5.01. The summed E-state index contributed by atoms with van der Waals surface area (Å²) in [5.41, 5.74) is -2.24. The predicted molar refractivity (Wildman–Crippen MR) is 54.2 cm³/mol. The maximum atomic E-state index is 12.5. The molecule has 0 radical (unpaired) electrons. The Morgan fingerprint density at radius 3 is 1.76 bits per heavy atom. The second-order valence-corrected chi connectivity index (χ2v) is 4.02. The minimum Gasteiger partial charge on any atom is -0.167 e. The highest BCUT2D eigenvalue weighted by atomic mass is 79.9. The summed E-state index contributed by atoms with van der Waals surface area (Å²) in [6.07, 6.45) is -10.8. The molecule has 0 spiro atoms. The summed E-state index contributed by atoms with van der Waals surface area (Å²) in [5, 5.41) is 0. The van der Waals surface area contributed by atoms with Crippen molar-refractivity contribution in [3.8, 4) is 0 Å². The average Bonchev–Trinajstić information content (AvgIpc) is 2.13. The summed E-state index contributed by atoms with van der Waals surface area (Å²) in [7, 11) is 0. The van der Waals surface area contributed by atoms with Gasteiger partial charge in [-0.05, 0) is 17.7 Å². The molecule has 1 aromatic rings. The Morgan fingerprint density at radius 1 is 0.941 bits per heavy atom. The Labute approximate surface area is 101 Å². The third kappa shape index (κ3) is 4.41. The van der Waals surface area contributed by atoms with Crippen molar-refractivity contribution in [2.45, 2.75) is 12.4 Å². The number of alkyl halides is 6. The van der Waals surface area contributed by atoms with Gasteiger partial charge in [0.2, 0.25) is 0 Å². The van der Waals surface area contributed by atoms with Gasteiger partial charge in [-0.1, -0.05) is 28.1 Å². The van der Waals surface area contributed by atoms with Crippen LogP contribution in [-0.4, -0.2) is 12.4 Å². The fourth-order valence-electron chi connectivity index (χ4n) is 1.12. The van der Waals surface area contributed by atoms with Gasteiger partial charge in [0.25, 0.3) is 0 Å². The van der Waals surface area contributed by atoms with Crippen LogP contribution in [0.2, 0.25) is 0 Å². The van der Waals surface area contributed by atoms with E-state index in [0.717, 1.165) is 12.1 Å². The SMILES string of the molecule is FC(F)(F)/C=C(\c1ccc(Br)cc1)C(F)(F)F. The van der Waals surface area contributed by atoms with Crippen LogP contribution in [0, 0.1) is 0 Å². The Hall–Kier alpha value is -0.980. The first-order chi connectivity index (χ1) is 7.59. The van der Waals surface area contributed by atoms with Gasteiger partial charge in [-0.2, -0.15) is 26.3 Å². The van der Waals surface area contributed by atoms with Crippen molar-refractivity contribution in [1.29, 1.82) is 0 Å². The molecule has 0 aliphatic rings. The van der Waals surface area contributed by atoms with E-state index in [2.05, 4.69) is 15.9 Å². The number of benzene rings is 1. The number of hydrogen-bond acceptors (Lipinski definition) is 0. The summed E-state index contributed by atoms with van der Waals surface area (Å²) in [6, 6.07) is 4.42. The molecule has 0 saturated carbocycles. The van der Waals surface area contributed by atoms with E-state index in [1.54, 1.807) is 0 Å². The van der Waals surface area contributed by atoms with Gasteiger partial charge in [-0.15, -0.1) is 0 Å². The highest BCUT2D eigenvalue weighted by Crippen LogP contribution is 2.37. The molecule has 94 valence electrons. The van der Waals surface area contributed by atoms with E-state index in [9.17, 15) is 26.3 Å². The van der Waals surface area contributed by atoms with Gasteiger partial charge in [0.05, 0.1) is 5.57 Å². The van der Waals surface area contributed by atoms with Crippen LogP contribution in [-0.2, 0) is 0 Å². The Morgan fingerprint density at radius 2 is 1.41 bits per heavy atom. The van der Waals surface area contributed by atoms with Crippen LogP contribution in [0.1, 0.15) is 5.56 Å². The summed E-state index contributed by atoms with van der Waals surface area (Å²) < 4.78 is 73.9. The van der Waals surface area contributed by atoms with Crippen LogP contribution in [0.3, 0.4) is 0 Å². The molecule has 0 nitrogen and oxygen atoms in total. The summed E-state index contributed by atoms with van der Waals surface area (Å²) >= 11 is 2.98. The monoisotopic (exact) mass is 318 g/mol. The van der Waals surface area contributed by atoms with Crippen LogP contribution in [0.4, 0.5) is 26.3 Å². The molecule has 0 aromatic heterocycles. The first kappa shape index (κ1) is 14.1. The molecule has 0 saturated heterocycles. The maximum absolute atomic E-state index is 12.5. The van der Waals surface area contributed by atoms with Crippen molar-refractivity contribution >= 4 is 21.5 Å². The lowest BCUT2D eigenvalue weighted by atomic mass is 10.1. The zero-order valence-electron chi connectivity index (χ0n) is 8.03. The van der Waals surface area contributed by atoms with Crippen LogP contribution < -0.4 is 0 Å². The Bertz CT molecular complexity index is 412. The average molecular weight is 319 g/mol. The lowest BCUT2D eigenvalue weighted by Crippen LogP contribution is -2.15. The zero-order chi connectivity index (χ0) is 13.3. The van der Waals surface area contributed by atoms with Crippen LogP contribution >= 0.6 is 15.9 Å². The van der Waals surface area contributed by atoms with E-state index in [0.29, 0.717) is 4.47 Å². The highest BCUT2D eigenvalue weighted by molar-refractivity contribution is 9.10. The molecule has 1 rings (SSSR count). The summed E-state index contributed by atoms with van der Waals surface area (Å²) in [5.74, 6) is 0. The molecule has 0 aliphatic heterocycles. The van der Waals surface area contributed by atoms with Gasteiger partial charge >= 0.3 is 12.4 Å². The van der Waals surface area contributed by atoms with Gasteiger partial charge < -0.3 is 0 Å². The van der Waals surface area contributed by atoms with E-state index in [1.165, 1.54) is 12.1 Å². The number of hydrogen-bond donors (Lipinski definition) is 0. The van der Waals surface area contributed by atoms with Crippen molar-refractivity contribution in [3.63, 3.8) is 0 Å². The first-order valence-electron chi connectivity index (χ1n) is 4.22. The summed E-state index contributed by atoms with van der Waals surface area (Å²) in [6.45, 7) is 0. The van der Waals surface area contributed by atoms with Crippen molar-refractivity contribution in [2.24, 2.45) is 0 Å². The Balaban J connectivity index is 3.26. The molecule has 17 heavy (non-hydrogen) atoms. The highest BCUT2D eigenvalue weighted by Gasteiger charge is 2.39. The largest absolute Gasteiger partial charge is 0.417 e. The predicted octanol–water partition coefficient (Wildman–Crippen LogP) is 4.96. The van der Waals surface area contributed by atoms with Gasteiger partial charge in [-0.25, -0.2) is 0 Å². The molecule has 0 atom stereocenters. The molecule has 0 unspecified atom stereocenters. The van der Waals surface area contributed by atoms with E-state index >= 15 is 0 Å². The molecule has 0 N–H and O–H groups in total. The normalized spacial score (nSPS) is 13.9. The quantitative estimate of drug-likeness (QED) is 0.642. The van der Waals surface area contributed by atoms with Gasteiger partial charge in [0.15, 0.2) is 0 Å². The van der Waals surface area contributed by atoms with Crippen molar-refractivity contribution in [1.82, 2.24) is 0 Å².